The minimum atomic E-state index is 0.367. The fourth-order valence-electron chi connectivity index (χ4n) is 2.70. The molecule has 1 aliphatic carbocycles. The van der Waals surface area contributed by atoms with Crippen molar-refractivity contribution in [1.29, 1.82) is 0 Å². The Bertz CT molecular complexity index is 188. The van der Waals surface area contributed by atoms with Gasteiger partial charge in [-0.05, 0) is 30.9 Å². The summed E-state index contributed by atoms with van der Waals surface area (Å²) in [5, 5.41) is 13.7. The Hall–Kier alpha value is 0.270. The second-order valence-corrected chi connectivity index (χ2v) is 6.10. The number of hydrogen-bond donors (Lipinski definition) is 2. The lowest BCUT2D eigenvalue weighted by Gasteiger charge is -2.25. The van der Waals surface area contributed by atoms with Crippen molar-refractivity contribution in [3.8, 4) is 0 Å². The second kappa shape index (κ2) is 4.86. The van der Waals surface area contributed by atoms with Gasteiger partial charge in [0.15, 0.2) is 0 Å². The topological polar surface area (TPSA) is 32.3 Å². The van der Waals surface area contributed by atoms with Gasteiger partial charge in [0, 0.05) is 23.9 Å². The van der Waals surface area contributed by atoms with Gasteiger partial charge < -0.3 is 10.4 Å². The SMILES string of the molecule is CC1SCCC1NC1CCCC1CO. The largest absolute Gasteiger partial charge is 0.396 e. The Morgan fingerprint density at radius 2 is 2.14 bits per heavy atom. The average molecular weight is 215 g/mol. The number of aliphatic hydroxyl groups is 1. The molecule has 0 radical (unpaired) electrons. The lowest BCUT2D eigenvalue weighted by molar-refractivity contribution is 0.199. The molecule has 1 aliphatic heterocycles. The Labute approximate surface area is 90.8 Å². The number of nitrogens with one attached hydrogen (secondary N) is 1. The zero-order chi connectivity index (χ0) is 9.97. The molecule has 14 heavy (non-hydrogen) atoms. The fourth-order valence-corrected chi connectivity index (χ4v) is 3.91. The third-order valence-electron chi connectivity index (χ3n) is 3.70. The lowest BCUT2D eigenvalue weighted by Crippen LogP contribution is -2.43. The van der Waals surface area contributed by atoms with Crippen LogP contribution in [0.4, 0.5) is 0 Å². The van der Waals surface area contributed by atoms with Crippen molar-refractivity contribution in [2.45, 2.75) is 49.9 Å². The van der Waals surface area contributed by atoms with E-state index in [1.165, 1.54) is 31.4 Å². The maximum Gasteiger partial charge on any atom is 0.0474 e. The van der Waals surface area contributed by atoms with Gasteiger partial charge >= 0.3 is 0 Å². The highest BCUT2D eigenvalue weighted by molar-refractivity contribution is 8.00. The van der Waals surface area contributed by atoms with Gasteiger partial charge in [-0.1, -0.05) is 13.3 Å². The van der Waals surface area contributed by atoms with E-state index in [1.807, 2.05) is 0 Å². The van der Waals surface area contributed by atoms with Crippen LogP contribution in [0.15, 0.2) is 0 Å². The van der Waals surface area contributed by atoms with Crippen molar-refractivity contribution in [2.24, 2.45) is 5.92 Å². The van der Waals surface area contributed by atoms with Crippen LogP contribution < -0.4 is 5.32 Å². The highest BCUT2D eigenvalue weighted by atomic mass is 32.2. The summed E-state index contributed by atoms with van der Waals surface area (Å²) in [5.74, 6) is 1.82. The summed E-state index contributed by atoms with van der Waals surface area (Å²) in [6.07, 6.45) is 5.07. The van der Waals surface area contributed by atoms with Gasteiger partial charge in [0.2, 0.25) is 0 Å². The van der Waals surface area contributed by atoms with E-state index in [4.69, 9.17) is 0 Å². The first-order valence-corrected chi connectivity index (χ1v) is 6.84. The summed E-state index contributed by atoms with van der Waals surface area (Å²) in [6.45, 7) is 2.68. The summed E-state index contributed by atoms with van der Waals surface area (Å²) in [7, 11) is 0. The second-order valence-electron chi connectivity index (χ2n) is 4.62. The Balaban J connectivity index is 1.83. The molecule has 4 atom stereocenters. The van der Waals surface area contributed by atoms with Crippen LogP contribution in [0, 0.1) is 5.92 Å². The van der Waals surface area contributed by atoms with Crippen LogP contribution in [0.1, 0.15) is 32.6 Å². The molecule has 0 spiro atoms. The molecule has 0 aromatic rings. The minimum Gasteiger partial charge on any atom is -0.396 e. The normalized spacial score (nSPS) is 43.3. The summed E-state index contributed by atoms with van der Waals surface area (Å²) in [4.78, 5) is 0. The Kier molecular flexibility index (Phi) is 3.74. The average Bonchev–Trinajstić information content (AvgIpc) is 2.77. The Morgan fingerprint density at radius 3 is 2.79 bits per heavy atom. The number of thioether (sulfide) groups is 1. The highest BCUT2D eigenvalue weighted by Crippen LogP contribution is 2.30. The summed E-state index contributed by atoms with van der Waals surface area (Å²) in [6, 6.07) is 1.28. The van der Waals surface area contributed by atoms with E-state index < -0.39 is 0 Å². The van der Waals surface area contributed by atoms with E-state index in [-0.39, 0.29) is 0 Å². The van der Waals surface area contributed by atoms with Crippen LogP contribution in [0.5, 0.6) is 0 Å². The number of aliphatic hydroxyl groups excluding tert-OH is 1. The summed E-state index contributed by atoms with van der Waals surface area (Å²) in [5.41, 5.74) is 0. The van der Waals surface area contributed by atoms with E-state index in [9.17, 15) is 5.11 Å². The minimum absolute atomic E-state index is 0.367. The van der Waals surface area contributed by atoms with Crippen LogP contribution >= 0.6 is 11.8 Å². The summed E-state index contributed by atoms with van der Waals surface area (Å²) < 4.78 is 0. The van der Waals surface area contributed by atoms with Gasteiger partial charge in [-0.3, -0.25) is 0 Å². The van der Waals surface area contributed by atoms with Gasteiger partial charge in [0.05, 0.1) is 0 Å². The van der Waals surface area contributed by atoms with E-state index in [2.05, 4.69) is 24.0 Å². The third-order valence-corrected chi connectivity index (χ3v) is 5.02. The predicted octanol–water partition coefficient (Wildman–Crippen LogP) is 1.63. The summed E-state index contributed by atoms with van der Waals surface area (Å²) >= 11 is 2.07. The zero-order valence-corrected chi connectivity index (χ0v) is 9.72. The third kappa shape index (κ3) is 2.26. The molecule has 0 bridgehead atoms. The van der Waals surface area contributed by atoms with Crippen LogP contribution in [0.25, 0.3) is 0 Å². The molecule has 2 nitrogen and oxygen atoms in total. The molecule has 1 heterocycles. The molecule has 2 N–H and O–H groups in total. The molecule has 0 aromatic heterocycles. The van der Waals surface area contributed by atoms with Crippen molar-refractivity contribution in [2.75, 3.05) is 12.4 Å². The van der Waals surface area contributed by atoms with E-state index in [0.717, 1.165) is 5.25 Å². The molecule has 82 valence electrons. The van der Waals surface area contributed by atoms with Gasteiger partial charge in [0.1, 0.15) is 0 Å². The van der Waals surface area contributed by atoms with Gasteiger partial charge in [-0.25, -0.2) is 0 Å². The molecule has 2 rings (SSSR count). The van der Waals surface area contributed by atoms with Gasteiger partial charge in [-0.15, -0.1) is 0 Å². The molecule has 3 heteroatoms. The van der Waals surface area contributed by atoms with Crippen LogP contribution in [0.2, 0.25) is 0 Å². The molecule has 4 unspecified atom stereocenters. The van der Waals surface area contributed by atoms with Crippen molar-refractivity contribution in [1.82, 2.24) is 5.32 Å². The molecule has 0 aromatic carbocycles. The van der Waals surface area contributed by atoms with Gasteiger partial charge in [-0.2, -0.15) is 11.8 Å². The zero-order valence-electron chi connectivity index (χ0n) is 8.91. The first kappa shape index (κ1) is 10.8. The van der Waals surface area contributed by atoms with Crippen molar-refractivity contribution < 1.29 is 5.11 Å². The molecule has 1 saturated carbocycles. The van der Waals surface area contributed by atoms with Crippen LogP contribution in [-0.4, -0.2) is 34.8 Å². The molecule has 2 fully saturated rings. The first-order valence-electron chi connectivity index (χ1n) is 5.79. The maximum atomic E-state index is 9.23. The van der Waals surface area contributed by atoms with Crippen LogP contribution in [-0.2, 0) is 0 Å². The van der Waals surface area contributed by atoms with E-state index >= 15 is 0 Å². The van der Waals surface area contributed by atoms with Gasteiger partial charge in [0.25, 0.3) is 0 Å². The molecular formula is C11H21NOS. The van der Waals surface area contributed by atoms with Crippen LogP contribution in [0.3, 0.4) is 0 Å². The fraction of sp³-hybridized carbons (Fsp3) is 1.00. The predicted molar refractivity (Wildman–Crippen MR) is 61.7 cm³/mol. The Morgan fingerprint density at radius 1 is 1.29 bits per heavy atom. The number of hydrogen-bond acceptors (Lipinski definition) is 3. The van der Waals surface area contributed by atoms with E-state index in [1.54, 1.807) is 0 Å². The van der Waals surface area contributed by atoms with Crippen molar-refractivity contribution in [3.63, 3.8) is 0 Å². The smallest absolute Gasteiger partial charge is 0.0474 e. The molecule has 1 saturated heterocycles. The monoisotopic (exact) mass is 215 g/mol. The molecule has 2 aliphatic rings. The molecular weight excluding hydrogens is 194 g/mol. The van der Waals surface area contributed by atoms with E-state index in [0.29, 0.717) is 24.6 Å². The van der Waals surface area contributed by atoms with Crippen molar-refractivity contribution in [3.05, 3.63) is 0 Å². The lowest BCUT2D eigenvalue weighted by atomic mass is 10.0. The highest BCUT2D eigenvalue weighted by Gasteiger charge is 2.31. The first-order chi connectivity index (χ1) is 6.81. The number of rotatable bonds is 3. The maximum absolute atomic E-state index is 9.23. The standard InChI is InChI=1S/C11H21NOS/c1-8-10(5-6-14-8)12-11-4-2-3-9(11)7-13/h8-13H,2-7H2,1H3. The van der Waals surface area contributed by atoms with Crippen molar-refractivity contribution >= 4 is 11.8 Å². The quantitative estimate of drug-likeness (QED) is 0.750. The molecule has 0 amide bonds.